The van der Waals surface area contributed by atoms with E-state index in [9.17, 15) is 4.79 Å². The van der Waals surface area contributed by atoms with Crippen molar-refractivity contribution in [2.24, 2.45) is 5.11 Å². The van der Waals surface area contributed by atoms with Crippen LogP contribution >= 0.6 is 0 Å². The summed E-state index contributed by atoms with van der Waals surface area (Å²) in [6.07, 6.45) is 1.05. The quantitative estimate of drug-likeness (QED) is 0.339. The number of azide groups is 1. The average Bonchev–Trinajstić information content (AvgIpc) is 2.34. The summed E-state index contributed by atoms with van der Waals surface area (Å²) in [5.74, 6) is -0.206. The van der Waals surface area contributed by atoms with Gasteiger partial charge in [-0.3, -0.25) is 4.79 Å². The highest BCUT2D eigenvalue weighted by Crippen LogP contribution is 2.14. The monoisotopic (exact) mass is 233 g/mol. The summed E-state index contributed by atoms with van der Waals surface area (Å²) >= 11 is 0. The molecule has 90 valence electrons. The van der Waals surface area contributed by atoms with Crippen molar-refractivity contribution in [3.8, 4) is 0 Å². The molecule has 0 saturated carbocycles. The second kappa shape index (κ2) is 6.55. The van der Waals surface area contributed by atoms with Crippen LogP contribution in [-0.2, 0) is 22.5 Å². The summed E-state index contributed by atoms with van der Waals surface area (Å²) in [6, 6.07) is 5.84. The van der Waals surface area contributed by atoms with Crippen molar-refractivity contribution >= 4 is 5.97 Å². The predicted octanol–water partition coefficient (Wildman–Crippen LogP) is 2.91. The van der Waals surface area contributed by atoms with Crippen LogP contribution in [0.5, 0.6) is 0 Å². The first-order chi connectivity index (χ1) is 8.17. The van der Waals surface area contributed by atoms with Crippen molar-refractivity contribution in [2.75, 3.05) is 7.11 Å². The van der Waals surface area contributed by atoms with Crippen LogP contribution in [-0.4, -0.2) is 13.1 Å². The van der Waals surface area contributed by atoms with Crippen molar-refractivity contribution in [1.82, 2.24) is 0 Å². The molecule has 0 fully saturated rings. The van der Waals surface area contributed by atoms with Crippen molar-refractivity contribution < 1.29 is 9.53 Å². The van der Waals surface area contributed by atoms with Gasteiger partial charge in [-0.1, -0.05) is 23.3 Å². The van der Waals surface area contributed by atoms with Gasteiger partial charge in [-0.2, -0.15) is 0 Å². The number of rotatable bonds is 5. The van der Waals surface area contributed by atoms with Gasteiger partial charge in [0.2, 0.25) is 0 Å². The molecule has 1 aromatic carbocycles. The number of carbonyl (C=O) groups is 1. The number of hydrogen-bond donors (Lipinski definition) is 0. The van der Waals surface area contributed by atoms with Gasteiger partial charge in [-0.15, -0.1) is 0 Å². The molecule has 0 spiro atoms. The van der Waals surface area contributed by atoms with Gasteiger partial charge in [0.15, 0.2) is 0 Å². The van der Waals surface area contributed by atoms with E-state index < -0.39 is 0 Å². The van der Waals surface area contributed by atoms with Gasteiger partial charge in [-0.25, -0.2) is 0 Å². The minimum atomic E-state index is -0.206. The second-order valence-corrected chi connectivity index (χ2v) is 3.73. The summed E-state index contributed by atoms with van der Waals surface area (Å²) in [5.41, 5.74) is 11.4. The number of benzene rings is 1. The fourth-order valence-electron chi connectivity index (χ4n) is 1.59. The highest BCUT2D eigenvalue weighted by atomic mass is 16.5. The van der Waals surface area contributed by atoms with Crippen LogP contribution in [0, 0.1) is 6.92 Å². The fourth-order valence-corrected chi connectivity index (χ4v) is 1.59. The third-order valence-electron chi connectivity index (χ3n) is 2.55. The molecule has 0 bridgehead atoms. The number of nitrogens with zero attached hydrogens (tertiary/aromatic N) is 3. The lowest BCUT2D eigenvalue weighted by Crippen LogP contribution is -2.03. The molecule has 1 aromatic rings. The topological polar surface area (TPSA) is 75.1 Å². The van der Waals surface area contributed by atoms with Crippen LogP contribution in [0.1, 0.15) is 23.1 Å². The van der Waals surface area contributed by atoms with Gasteiger partial charge in [0, 0.05) is 11.3 Å². The van der Waals surface area contributed by atoms with Crippen molar-refractivity contribution in [1.29, 1.82) is 0 Å². The first kappa shape index (κ1) is 13.1. The highest BCUT2D eigenvalue weighted by Gasteiger charge is 2.04. The molecule has 0 amide bonds. The van der Waals surface area contributed by atoms with Crippen molar-refractivity contribution in [3.05, 3.63) is 45.3 Å². The maximum absolute atomic E-state index is 11.0. The van der Waals surface area contributed by atoms with Crippen LogP contribution in [0.25, 0.3) is 10.4 Å². The summed E-state index contributed by atoms with van der Waals surface area (Å²) in [6.45, 7) is 2.33. The Labute approximate surface area is 100 Å². The Hall–Kier alpha value is -2.00. The Bertz CT molecular complexity index is 451. The Morgan fingerprint density at radius 3 is 2.88 bits per heavy atom. The molecule has 0 radical (unpaired) electrons. The highest BCUT2D eigenvalue weighted by molar-refractivity contribution is 5.69. The Balaban J connectivity index is 2.69. The number of carbonyl (C=O) groups excluding carboxylic acids is 1. The molecule has 0 aliphatic rings. The minimum absolute atomic E-state index is 0.206. The van der Waals surface area contributed by atoms with E-state index in [1.165, 1.54) is 7.11 Å². The van der Waals surface area contributed by atoms with Gasteiger partial charge >= 0.3 is 5.97 Å². The SMILES string of the molecule is COC(=O)CCc1ccc(CN=[N+]=[N-])cc1C. The second-order valence-electron chi connectivity index (χ2n) is 3.73. The van der Waals surface area contributed by atoms with Crippen LogP contribution in [0.15, 0.2) is 23.3 Å². The van der Waals surface area contributed by atoms with E-state index in [0.717, 1.165) is 16.7 Å². The smallest absolute Gasteiger partial charge is 0.305 e. The van der Waals surface area contributed by atoms with Crippen LogP contribution in [0.3, 0.4) is 0 Å². The molecule has 0 saturated heterocycles. The lowest BCUT2D eigenvalue weighted by molar-refractivity contribution is -0.140. The zero-order valence-electron chi connectivity index (χ0n) is 10.0. The lowest BCUT2D eigenvalue weighted by Gasteiger charge is -2.06. The van der Waals surface area contributed by atoms with Gasteiger partial charge < -0.3 is 4.74 Å². The van der Waals surface area contributed by atoms with E-state index in [4.69, 9.17) is 5.53 Å². The Kier molecular flexibility index (Phi) is 5.04. The molecule has 17 heavy (non-hydrogen) atoms. The third-order valence-corrected chi connectivity index (χ3v) is 2.55. The molecule has 0 aromatic heterocycles. The Morgan fingerprint density at radius 1 is 1.53 bits per heavy atom. The normalized spacial score (nSPS) is 9.53. The number of aryl methyl sites for hydroxylation is 2. The Morgan fingerprint density at radius 2 is 2.29 bits per heavy atom. The minimum Gasteiger partial charge on any atom is -0.469 e. The molecule has 5 heteroatoms. The van der Waals surface area contributed by atoms with Gasteiger partial charge in [0.25, 0.3) is 0 Å². The van der Waals surface area contributed by atoms with E-state index in [1.807, 2.05) is 25.1 Å². The summed E-state index contributed by atoms with van der Waals surface area (Å²) < 4.78 is 4.59. The van der Waals surface area contributed by atoms with E-state index in [0.29, 0.717) is 19.4 Å². The van der Waals surface area contributed by atoms with Crippen LogP contribution in [0.4, 0.5) is 0 Å². The molecule has 0 aliphatic carbocycles. The summed E-state index contributed by atoms with van der Waals surface area (Å²) in [5, 5.41) is 3.51. The molecular formula is C12H15N3O2. The maximum atomic E-state index is 11.0. The molecule has 0 aliphatic heterocycles. The number of methoxy groups -OCH3 is 1. The summed E-state index contributed by atoms with van der Waals surface area (Å²) in [4.78, 5) is 13.7. The number of hydrogen-bond acceptors (Lipinski definition) is 3. The fraction of sp³-hybridized carbons (Fsp3) is 0.417. The van der Waals surface area contributed by atoms with Gasteiger partial charge in [0.05, 0.1) is 13.7 Å². The zero-order chi connectivity index (χ0) is 12.7. The van der Waals surface area contributed by atoms with Crippen LogP contribution < -0.4 is 0 Å². The molecule has 0 unspecified atom stereocenters. The molecule has 0 heterocycles. The standard InChI is InChI=1S/C12H15N3O2/c1-9-7-10(8-14-15-13)3-4-11(9)5-6-12(16)17-2/h3-4,7H,5-6,8H2,1-2H3. The van der Waals surface area contributed by atoms with Crippen molar-refractivity contribution in [2.45, 2.75) is 26.3 Å². The van der Waals surface area contributed by atoms with Gasteiger partial charge in [0.1, 0.15) is 0 Å². The van der Waals surface area contributed by atoms with E-state index in [-0.39, 0.29) is 5.97 Å². The molecule has 0 N–H and O–H groups in total. The van der Waals surface area contributed by atoms with E-state index >= 15 is 0 Å². The van der Waals surface area contributed by atoms with E-state index in [2.05, 4.69) is 14.8 Å². The third kappa shape index (κ3) is 4.17. The number of ether oxygens (including phenoxy) is 1. The van der Waals surface area contributed by atoms with Gasteiger partial charge in [-0.05, 0) is 35.6 Å². The van der Waals surface area contributed by atoms with E-state index in [1.54, 1.807) is 0 Å². The zero-order valence-corrected chi connectivity index (χ0v) is 10.0. The molecule has 1 rings (SSSR count). The lowest BCUT2D eigenvalue weighted by atomic mass is 10.0. The molecule has 0 atom stereocenters. The predicted molar refractivity (Wildman–Crippen MR) is 64.4 cm³/mol. The molecular weight excluding hydrogens is 218 g/mol. The first-order valence-electron chi connectivity index (χ1n) is 5.33. The van der Waals surface area contributed by atoms with Crippen LogP contribution in [0.2, 0.25) is 0 Å². The maximum Gasteiger partial charge on any atom is 0.305 e. The summed E-state index contributed by atoms with van der Waals surface area (Å²) in [7, 11) is 1.39. The molecule has 5 nitrogen and oxygen atoms in total. The number of esters is 1. The van der Waals surface area contributed by atoms with Crippen molar-refractivity contribution in [3.63, 3.8) is 0 Å². The first-order valence-corrected chi connectivity index (χ1v) is 5.33. The average molecular weight is 233 g/mol. The largest absolute Gasteiger partial charge is 0.469 e.